The molecule has 1 heterocycles. The quantitative estimate of drug-likeness (QED) is 0.432. The molecule has 68 valence electrons. The summed E-state index contributed by atoms with van der Waals surface area (Å²) in [7, 11) is -3.13. The Bertz CT molecular complexity index is 259. The minimum atomic E-state index is -3.13. The summed E-state index contributed by atoms with van der Waals surface area (Å²) in [5.74, 6) is 4.47. The molecule has 12 heavy (non-hydrogen) atoms. The second kappa shape index (κ2) is 5.58. The van der Waals surface area contributed by atoms with Gasteiger partial charge in [0.1, 0.15) is 0 Å². The van der Waals surface area contributed by atoms with Crippen LogP contribution in [0.2, 0.25) is 0 Å². The average molecular weight is 190 g/mol. The standard InChI is InChI=1S/C4H4N2.CH6N2O2S/c1-2-4-6-5-3-1;1-6(4,5)3-2/h1-4H;3H,2H2,1H3. The smallest absolute Gasteiger partial charge is 0.221 e. The van der Waals surface area contributed by atoms with Gasteiger partial charge in [-0.05, 0) is 12.1 Å². The van der Waals surface area contributed by atoms with Gasteiger partial charge in [-0.25, -0.2) is 8.42 Å². The van der Waals surface area contributed by atoms with Gasteiger partial charge in [0.25, 0.3) is 0 Å². The molecule has 0 aliphatic rings. The van der Waals surface area contributed by atoms with Crippen molar-refractivity contribution in [2.75, 3.05) is 6.26 Å². The summed E-state index contributed by atoms with van der Waals surface area (Å²) in [6.45, 7) is 0. The van der Waals surface area contributed by atoms with Crippen molar-refractivity contribution in [2.24, 2.45) is 5.84 Å². The second-order valence-corrected chi connectivity index (χ2v) is 3.58. The summed E-state index contributed by atoms with van der Waals surface area (Å²) in [6.07, 6.45) is 4.26. The predicted molar refractivity (Wildman–Crippen MR) is 44.2 cm³/mol. The van der Waals surface area contributed by atoms with Gasteiger partial charge in [-0.2, -0.15) is 15.0 Å². The highest BCUT2D eigenvalue weighted by Gasteiger charge is 1.88. The van der Waals surface area contributed by atoms with Crippen molar-refractivity contribution in [3.8, 4) is 0 Å². The van der Waals surface area contributed by atoms with E-state index in [2.05, 4.69) is 16.0 Å². The fourth-order valence-corrected chi connectivity index (χ4v) is 0.253. The molecule has 0 aromatic carbocycles. The third-order valence-corrected chi connectivity index (χ3v) is 1.13. The molecule has 0 unspecified atom stereocenters. The van der Waals surface area contributed by atoms with Crippen molar-refractivity contribution >= 4 is 10.0 Å². The maximum atomic E-state index is 9.76. The Kier molecular flexibility index (Phi) is 5.09. The third-order valence-electron chi connectivity index (χ3n) is 0.697. The lowest BCUT2D eigenvalue weighted by Crippen LogP contribution is -2.28. The predicted octanol–water partition coefficient (Wildman–Crippen LogP) is -1.11. The second-order valence-electron chi connectivity index (χ2n) is 1.80. The molecule has 7 heteroatoms. The third kappa shape index (κ3) is 8.95. The first kappa shape index (κ1) is 11.0. The van der Waals surface area contributed by atoms with E-state index < -0.39 is 10.0 Å². The zero-order chi connectivity index (χ0) is 9.45. The monoisotopic (exact) mass is 190 g/mol. The minimum absolute atomic E-state index is 0.979. The summed E-state index contributed by atoms with van der Waals surface area (Å²) >= 11 is 0. The Morgan fingerprint density at radius 1 is 1.25 bits per heavy atom. The SMILES string of the molecule is CS(=O)(=O)NN.c1ccnnc1. The van der Waals surface area contributed by atoms with Gasteiger partial charge < -0.3 is 0 Å². The number of hydrogen-bond donors (Lipinski definition) is 2. The van der Waals surface area contributed by atoms with Crippen LogP contribution < -0.4 is 10.7 Å². The van der Waals surface area contributed by atoms with Crippen molar-refractivity contribution in [2.45, 2.75) is 0 Å². The van der Waals surface area contributed by atoms with E-state index in [1.807, 2.05) is 12.1 Å². The largest absolute Gasteiger partial charge is 0.258 e. The van der Waals surface area contributed by atoms with E-state index in [1.54, 1.807) is 17.2 Å². The van der Waals surface area contributed by atoms with E-state index in [-0.39, 0.29) is 0 Å². The fourth-order valence-electron chi connectivity index (χ4n) is 0.253. The molecule has 6 nitrogen and oxygen atoms in total. The molecule has 0 radical (unpaired) electrons. The van der Waals surface area contributed by atoms with Gasteiger partial charge in [-0.15, -0.1) is 0 Å². The molecule has 0 bridgehead atoms. The lowest BCUT2D eigenvalue weighted by atomic mass is 10.6. The molecular formula is C5H10N4O2S. The number of nitrogens with one attached hydrogen (secondary N) is 1. The Balaban J connectivity index is 0.000000202. The Hall–Kier alpha value is -1.05. The van der Waals surface area contributed by atoms with Gasteiger partial charge >= 0.3 is 0 Å². The van der Waals surface area contributed by atoms with Crippen LogP contribution in [0.4, 0.5) is 0 Å². The highest BCUT2D eigenvalue weighted by atomic mass is 32.2. The van der Waals surface area contributed by atoms with E-state index in [9.17, 15) is 8.42 Å². The van der Waals surface area contributed by atoms with Crippen molar-refractivity contribution in [3.05, 3.63) is 24.5 Å². The number of rotatable bonds is 1. The topological polar surface area (TPSA) is 98.0 Å². The number of hydrazine groups is 1. The number of aromatic nitrogens is 2. The number of nitrogens with zero attached hydrogens (tertiary/aromatic N) is 2. The molecule has 0 fully saturated rings. The first-order chi connectivity index (χ1) is 5.56. The highest BCUT2D eigenvalue weighted by Crippen LogP contribution is 1.68. The van der Waals surface area contributed by atoms with Crippen molar-refractivity contribution in [1.29, 1.82) is 0 Å². The van der Waals surface area contributed by atoms with Gasteiger partial charge in [0.2, 0.25) is 10.0 Å². The highest BCUT2D eigenvalue weighted by molar-refractivity contribution is 7.88. The van der Waals surface area contributed by atoms with Gasteiger partial charge in [-0.1, -0.05) is 0 Å². The molecule has 0 saturated carbocycles. The lowest BCUT2D eigenvalue weighted by molar-refractivity contribution is 0.590. The molecule has 1 rings (SSSR count). The summed E-state index contributed by atoms with van der Waals surface area (Å²) < 4.78 is 19.5. The van der Waals surface area contributed by atoms with Crippen LogP contribution in [0.3, 0.4) is 0 Å². The minimum Gasteiger partial charge on any atom is -0.258 e. The van der Waals surface area contributed by atoms with Crippen LogP contribution in [-0.4, -0.2) is 24.9 Å². The maximum absolute atomic E-state index is 9.76. The summed E-state index contributed by atoms with van der Waals surface area (Å²) in [4.78, 5) is 1.58. The van der Waals surface area contributed by atoms with Gasteiger partial charge in [-0.3, -0.25) is 5.84 Å². The van der Waals surface area contributed by atoms with Crippen molar-refractivity contribution < 1.29 is 8.42 Å². The van der Waals surface area contributed by atoms with Crippen LogP contribution in [0.1, 0.15) is 0 Å². The normalized spacial score (nSPS) is 9.83. The van der Waals surface area contributed by atoms with Crippen LogP contribution in [0.25, 0.3) is 0 Å². The van der Waals surface area contributed by atoms with Gasteiger partial charge in [0.15, 0.2) is 0 Å². The first-order valence-electron chi connectivity index (χ1n) is 2.95. The zero-order valence-electron chi connectivity index (χ0n) is 6.51. The fraction of sp³-hybridized carbons (Fsp3) is 0.200. The van der Waals surface area contributed by atoms with Gasteiger partial charge in [0.05, 0.1) is 6.26 Å². The van der Waals surface area contributed by atoms with Crippen LogP contribution >= 0.6 is 0 Å². The average Bonchev–Trinajstić information content (AvgIpc) is 2.07. The molecule has 0 amide bonds. The molecule has 0 saturated heterocycles. The molecule has 0 spiro atoms. The van der Waals surface area contributed by atoms with Crippen molar-refractivity contribution in [1.82, 2.24) is 15.0 Å². The Labute approximate surface area is 70.8 Å². The van der Waals surface area contributed by atoms with E-state index in [0.717, 1.165) is 6.26 Å². The van der Waals surface area contributed by atoms with Crippen LogP contribution in [-0.2, 0) is 10.0 Å². The van der Waals surface area contributed by atoms with E-state index >= 15 is 0 Å². The zero-order valence-corrected chi connectivity index (χ0v) is 7.32. The Morgan fingerprint density at radius 2 is 1.58 bits per heavy atom. The summed E-state index contributed by atoms with van der Waals surface area (Å²) in [5.41, 5.74) is 0. The van der Waals surface area contributed by atoms with Crippen LogP contribution in [0, 0.1) is 0 Å². The Morgan fingerprint density at radius 3 is 1.67 bits per heavy atom. The number of nitrogens with two attached hydrogens (primary N) is 1. The number of sulfonamides is 1. The first-order valence-corrected chi connectivity index (χ1v) is 4.84. The molecular weight excluding hydrogens is 180 g/mol. The summed E-state index contributed by atoms with van der Waals surface area (Å²) in [6, 6.07) is 3.65. The lowest BCUT2D eigenvalue weighted by Gasteiger charge is -1.85. The molecule has 0 atom stereocenters. The van der Waals surface area contributed by atoms with E-state index in [4.69, 9.17) is 0 Å². The molecule has 0 aliphatic carbocycles. The van der Waals surface area contributed by atoms with E-state index in [0.29, 0.717) is 0 Å². The van der Waals surface area contributed by atoms with E-state index in [1.165, 1.54) is 0 Å². The molecule has 0 aliphatic heterocycles. The molecule has 1 aromatic rings. The molecule has 3 N–H and O–H groups in total. The van der Waals surface area contributed by atoms with Crippen molar-refractivity contribution in [3.63, 3.8) is 0 Å². The number of hydrogen-bond acceptors (Lipinski definition) is 5. The molecule has 1 aromatic heterocycles. The van der Waals surface area contributed by atoms with Crippen LogP contribution in [0.15, 0.2) is 24.5 Å². The van der Waals surface area contributed by atoms with Crippen LogP contribution in [0.5, 0.6) is 0 Å². The van der Waals surface area contributed by atoms with Gasteiger partial charge in [0, 0.05) is 12.4 Å². The summed E-state index contributed by atoms with van der Waals surface area (Å²) in [5, 5.41) is 7.07. The maximum Gasteiger partial charge on any atom is 0.221 e.